The number of ketones is 1. The van der Waals surface area contributed by atoms with Gasteiger partial charge in [-0.1, -0.05) is 18.2 Å². The summed E-state index contributed by atoms with van der Waals surface area (Å²) in [6.07, 6.45) is 0.842. The third-order valence-electron chi connectivity index (χ3n) is 4.02. The molecule has 0 fully saturated rings. The van der Waals surface area contributed by atoms with Gasteiger partial charge in [-0.25, -0.2) is 0 Å². The highest BCUT2D eigenvalue weighted by molar-refractivity contribution is 5.95. The molecule has 2 rings (SSSR count). The van der Waals surface area contributed by atoms with Crippen molar-refractivity contribution in [3.63, 3.8) is 0 Å². The van der Waals surface area contributed by atoms with Crippen LogP contribution in [0.1, 0.15) is 30.6 Å². The van der Waals surface area contributed by atoms with Gasteiger partial charge in [0, 0.05) is 37.0 Å². The number of hydrogen-bond donors (Lipinski definition) is 1. The Hall–Kier alpha value is -2.89. The van der Waals surface area contributed by atoms with E-state index < -0.39 is 4.92 Å². The summed E-state index contributed by atoms with van der Waals surface area (Å²) in [6.45, 7) is 5.87. The number of rotatable bonds is 9. The molecule has 6 nitrogen and oxygen atoms in total. The molecule has 2 aromatic carbocycles. The number of hydrogen-bond acceptors (Lipinski definition) is 5. The molecule has 0 spiro atoms. The topological polar surface area (TPSA) is 75.5 Å². The van der Waals surface area contributed by atoms with Crippen molar-refractivity contribution >= 4 is 22.8 Å². The number of nitrogens with one attached hydrogen (secondary N) is 1. The van der Waals surface area contributed by atoms with Crippen molar-refractivity contribution in [2.75, 3.05) is 29.9 Å². The zero-order valence-electron chi connectivity index (χ0n) is 14.6. The van der Waals surface area contributed by atoms with E-state index in [-0.39, 0.29) is 11.5 Å². The van der Waals surface area contributed by atoms with Crippen molar-refractivity contribution in [2.45, 2.75) is 20.3 Å². The number of para-hydroxylation sites is 1. The Balaban J connectivity index is 1.95. The van der Waals surface area contributed by atoms with Crippen molar-refractivity contribution < 1.29 is 9.72 Å². The number of nitro benzene ring substituents is 1. The third kappa shape index (κ3) is 5.04. The van der Waals surface area contributed by atoms with Crippen molar-refractivity contribution in [2.24, 2.45) is 0 Å². The summed E-state index contributed by atoms with van der Waals surface area (Å²) in [4.78, 5) is 24.4. The maximum atomic E-state index is 11.4. The minimum absolute atomic E-state index is 0.0666. The monoisotopic (exact) mass is 341 g/mol. The van der Waals surface area contributed by atoms with E-state index in [1.807, 2.05) is 18.2 Å². The lowest BCUT2D eigenvalue weighted by molar-refractivity contribution is -0.384. The van der Waals surface area contributed by atoms with E-state index >= 15 is 0 Å². The van der Waals surface area contributed by atoms with E-state index in [1.165, 1.54) is 18.7 Å². The Morgan fingerprint density at radius 2 is 1.92 bits per heavy atom. The van der Waals surface area contributed by atoms with Gasteiger partial charge in [0.1, 0.15) is 5.69 Å². The Morgan fingerprint density at radius 1 is 1.20 bits per heavy atom. The minimum atomic E-state index is -0.461. The molecule has 2 aromatic rings. The number of benzene rings is 2. The van der Waals surface area contributed by atoms with Crippen molar-refractivity contribution in [1.29, 1.82) is 0 Å². The van der Waals surface area contributed by atoms with Gasteiger partial charge in [0.25, 0.3) is 5.69 Å². The van der Waals surface area contributed by atoms with Gasteiger partial charge in [-0.05, 0) is 44.5 Å². The molecule has 0 aliphatic rings. The van der Waals surface area contributed by atoms with Crippen LogP contribution >= 0.6 is 0 Å². The molecule has 1 N–H and O–H groups in total. The number of carbonyl (C=O) groups is 1. The molecule has 0 saturated carbocycles. The van der Waals surface area contributed by atoms with Crippen LogP contribution in [0, 0.1) is 10.1 Å². The quantitative estimate of drug-likeness (QED) is 0.321. The fraction of sp³-hybridized carbons (Fsp3) is 0.316. The van der Waals surface area contributed by atoms with E-state index in [0.29, 0.717) is 17.8 Å². The van der Waals surface area contributed by atoms with Crippen LogP contribution in [0.15, 0.2) is 48.5 Å². The van der Waals surface area contributed by atoms with Gasteiger partial charge in [-0.2, -0.15) is 0 Å². The molecule has 6 heteroatoms. The van der Waals surface area contributed by atoms with Gasteiger partial charge in [0.2, 0.25) is 0 Å². The fourth-order valence-corrected chi connectivity index (χ4v) is 2.65. The normalized spacial score (nSPS) is 10.3. The molecule has 0 aliphatic carbocycles. The standard InChI is InChI=1S/C19H23N3O3/c1-3-21(17-8-5-4-6-9-17)13-7-12-20-18-11-10-16(15(2)23)14-19(18)22(24)25/h4-6,8-11,14,20H,3,7,12-13H2,1-2H3. The Labute approximate surface area is 147 Å². The molecule has 0 saturated heterocycles. The summed E-state index contributed by atoms with van der Waals surface area (Å²) in [5.74, 6) is -0.184. The van der Waals surface area contributed by atoms with Gasteiger partial charge in [-0.15, -0.1) is 0 Å². The Kier molecular flexibility index (Phi) is 6.51. The van der Waals surface area contributed by atoms with Gasteiger partial charge in [-0.3, -0.25) is 14.9 Å². The first kappa shape index (κ1) is 18.4. The smallest absolute Gasteiger partial charge is 0.293 e. The predicted molar refractivity (Wildman–Crippen MR) is 101 cm³/mol. The molecule has 0 aromatic heterocycles. The van der Waals surface area contributed by atoms with E-state index in [9.17, 15) is 14.9 Å². The maximum Gasteiger partial charge on any atom is 0.293 e. The molecule has 132 valence electrons. The number of carbonyl (C=O) groups excluding carboxylic acids is 1. The molecule has 0 bridgehead atoms. The summed E-state index contributed by atoms with van der Waals surface area (Å²) >= 11 is 0. The maximum absolute atomic E-state index is 11.4. The predicted octanol–water partition coefficient (Wildman–Crippen LogP) is 4.13. The highest BCUT2D eigenvalue weighted by atomic mass is 16.6. The SMILES string of the molecule is CCN(CCCNc1ccc(C(C)=O)cc1[N+](=O)[O-])c1ccccc1. The van der Waals surface area contributed by atoms with Crippen LogP contribution in [0.5, 0.6) is 0 Å². The Bertz CT molecular complexity index is 732. The van der Waals surface area contributed by atoms with Crippen molar-refractivity contribution in [1.82, 2.24) is 0 Å². The highest BCUT2D eigenvalue weighted by Gasteiger charge is 2.15. The molecule has 0 amide bonds. The lowest BCUT2D eigenvalue weighted by atomic mass is 10.1. The fourth-order valence-electron chi connectivity index (χ4n) is 2.65. The van der Waals surface area contributed by atoms with Gasteiger partial charge in [0.15, 0.2) is 5.78 Å². The Morgan fingerprint density at radius 3 is 2.52 bits per heavy atom. The zero-order chi connectivity index (χ0) is 18.2. The van der Waals surface area contributed by atoms with Crippen LogP contribution < -0.4 is 10.2 Å². The molecule has 0 radical (unpaired) electrons. The number of anilines is 2. The van der Waals surface area contributed by atoms with Crippen LogP contribution in [0.4, 0.5) is 17.1 Å². The summed E-state index contributed by atoms with van der Waals surface area (Å²) in [7, 11) is 0. The second-order valence-corrected chi connectivity index (χ2v) is 5.74. The van der Waals surface area contributed by atoms with Crippen molar-refractivity contribution in [3.8, 4) is 0 Å². The number of nitrogens with zero attached hydrogens (tertiary/aromatic N) is 2. The van der Waals surface area contributed by atoms with Crippen LogP contribution in [0.2, 0.25) is 0 Å². The van der Waals surface area contributed by atoms with Gasteiger partial charge < -0.3 is 10.2 Å². The summed E-state index contributed by atoms with van der Waals surface area (Å²) in [6, 6.07) is 14.7. The lowest BCUT2D eigenvalue weighted by Gasteiger charge is -2.23. The molecular weight excluding hydrogens is 318 g/mol. The molecular formula is C19H23N3O3. The molecule has 0 heterocycles. The third-order valence-corrected chi connectivity index (χ3v) is 4.02. The van der Waals surface area contributed by atoms with Crippen LogP contribution in [0.3, 0.4) is 0 Å². The van der Waals surface area contributed by atoms with Crippen LogP contribution in [-0.2, 0) is 0 Å². The molecule has 0 aliphatic heterocycles. The van der Waals surface area contributed by atoms with Crippen LogP contribution in [-0.4, -0.2) is 30.3 Å². The summed E-state index contributed by atoms with van der Waals surface area (Å²) in [5, 5.41) is 14.3. The molecule has 25 heavy (non-hydrogen) atoms. The molecule has 0 unspecified atom stereocenters. The van der Waals surface area contributed by atoms with E-state index in [1.54, 1.807) is 12.1 Å². The highest BCUT2D eigenvalue weighted by Crippen LogP contribution is 2.25. The van der Waals surface area contributed by atoms with E-state index in [2.05, 4.69) is 29.3 Å². The second-order valence-electron chi connectivity index (χ2n) is 5.74. The zero-order valence-corrected chi connectivity index (χ0v) is 14.6. The van der Waals surface area contributed by atoms with E-state index in [0.717, 1.165) is 19.5 Å². The average molecular weight is 341 g/mol. The summed E-state index contributed by atoms with van der Waals surface area (Å²) < 4.78 is 0. The first-order valence-electron chi connectivity index (χ1n) is 8.36. The minimum Gasteiger partial charge on any atom is -0.379 e. The average Bonchev–Trinajstić information content (AvgIpc) is 2.62. The number of nitro groups is 1. The largest absolute Gasteiger partial charge is 0.379 e. The second kappa shape index (κ2) is 8.82. The van der Waals surface area contributed by atoms with E-state index in [4.69, 9.17) is 0 Å². The van der Waals surface area contributed by atoms with Gasteiger partial charge in [0.05, 0.1) is 4.92 Å². The van der Waals surface area contributed by atoms with Crippen molar-refractivity contribution in [3.05, 3.63) is 64.2 Å². The first-order valence-corrected chi connectivity index (χ1v) is 8.36. The number of Topliss-reactive ketones (excluding diaryl/α,β-unsaturated/α-hetero) is 1. The summed E-state index contributed by atoms with van der Waals surface area (Å²) in [5.41, 5.74) is 1.89. The van der Waals surface area contributed by atoms with Gasteiger partial charge >= 0.3 is 0 Å². The lowest BCUT2D eigenvalue weighted by Crippen LogP contribution is -2.25. The van der Waals surface area contributed by atoms with Crippen LogP contribution in [0.25, 0.3) is 0 Å². The first-order chi connectivity index (χ1) is 12.0. The molecule has 0 atom stereocenters.